The summed E-state index contributed by atoms with van der Waals surface area (Å²) in [4.78, 5) is 16.3. The standard InChI is InChI=1S/C14H25N5O/c1-9(2)19-12(11(15)10(3)16-19)18-8-7-17(6)13(20)14(18,4)5/h9H,7-8,15H2,1-6H3. The first-order chi connectivity index (χ1) is 9.17. The summed E-state index contributed by atoms with van der Waals surface area (Å²) >= 11 is 0. The summed E-state index contributed by atoms with van der Waals surface area (Å²) in [5.41, 5.74) is 7.10. The van der Waals surface area contributed by atoms with Gasteiger partial charge in [-0.05, 0) is 34.6 Å². The number of carbonyl (C=O) groups is 1. The molecule has 6 nitrogen and oxygen atoms in total. The molecule has 20 heavy (non-hydrogen) atoms. The van der Waals surface area contributed by atoms with Crippen molar-refractivity contribution in [3.63, 3.8) is 0 Å². The molecule has 0 atom stereocenters. The van der Waals surface area contributed by atoms with Crippen LogP contribution in [0.1, 0.15) is 39.4 Å². The number of nitrogen functional groups attached to an aromatic ring is 1. The zero-order valence-corrected chi connectivity index (χ0v) is 13.3. The highest BCUT2D eigenvalue weighted by molar-refractivity contribution is 5.91. The van der Waals surface area contributed by atoms with Crippen LogP contribution in [-0.2, 0) is 4.79 Å². The Morgan fingerprint density at radius 3 is 2.45 bits per heavy atom. The summed E-state index contributed by atoms with van der Waals surface area (Å²) in [5.74, 6) is 0.973. The Balaban J connectivity index is 2.54. The predicted octanol–water partition coefficient (Wildman–Crippen LogP) is 1.41. The fraction of sp³-hybridized carbons (Fsp3) is 0.714. The largest absolute Gasteiger partial charge is 0.394 e. The molecule has 2 rings (SSSR count). The van der Waals surface area contributed by atoms with E-state index in [-0.39, 0.29) is 11.9 Å². The van der Waals surface area contributed by atoms with Crippen molar-refractivity contribution in [2.75, 3.05) is 30.8 Å². The lowest BCUT2D eigenvalue weighted by molar-refractivity contribution is -0.136. The van der Waals surface area contributed by atoms with E-state index in [1.54, 1.807) is 4.90 Å². The second kappa shape index (κ2) is 4.68. The molecule has 1 aliphatic rings. The second-order valence-corrected chi connectivity index (χ2v) is 6.30. The number of hydrogen-bond donors (Lipinski definition) is 1. The monoisotopic (exact) mass is 279 g/mol. The summed E-state index contributed by atoms with van der Waals surface area (Å²) < 4.78 is 1.92. The molecule has 2 heterocycles. The summed E-state index contributed by atoms with van der Waals surface area (Å²) in [7, 11) is 1.84. The first-order valence-corrected chi connectivity index (χ1v) is 7.05. The fourth-order valence-electron chi connectivity index (χ4n) is 2.76. The molecular weight excluding hydrogens is 254 g/mol. The third-order valence-corrected chi connectivity index (χ3v) is 4.05. The summed E-state index contributed by atoms with van der Waals surface area (Å²) in [5, 5.41) is 4.52. The van der Waals surface area contributed by atoms with Gasteiger partial charge in [-0.1, -0.05) is 0 Å². The first-order valence-electron chi connectivity index (χ1n) is 7.05. The average Bonchev–Trinajstić information content (AvgIpc) is 2.64. The molecule has 1 fully saturated rings. The number of nitrogens with zero attached hydrogens (tertiary/aromatic N) is 4. The molecule has 1 aliphatic heterocycles. The van der Waals surface area contributed by atoms with Gasteiger partial charge in [0.1, 0.15) is 5.54 Å². The van der Waals surface area contributed by atoms with Crippen molar-refractivity contribution in [1.82, 2.24) is 14.7 Å². The Morgan fingerprint density at radius 2 is 1.90 bits per heavy atom. The summed E-state index contributed by atoms with van der Waals surface area (Å²) in [6.07, 6.45) is 0. The Bertz CT molecular complexity index is 532. The third-order valence-electron chi connectivity index (χ3n) is 4.05. The number of hydrogen-bond acceptors (Lipinski definition) is 4. The van der Waals surface area contributed by atoms with Crippen molar-refractivity contribution in [2.45, 2.75) is 46.2 Å². The van der Waals surface area contributed by atoms with Gasteiger partial charge in [0.15, 0.2) is 5.82 Å². The molecule has 0 radical (unpaired) electrons. The number of aromatic nitrogens is 2. The van der Waals surface area contributed by atoms with E-state index in [9.17, 15) is 4.79 Å². The molecule has 0 aromatic carbocycles. The predicted molar refractivity (Wildman–Crippen MR) is 80.8 cm³/mol. The average molecular weight is 279 g/mol. The smallest absolute Gasteiger partial charge is 0.247 e. The molecule has 0 unspecified atom stereocenters. The van der Waals surface area contributed by atoms with Crippen molar-refractivity contribution >= 4 is 17.4 Å². The van der Waals surface area contributed by atoms with Crippen LogP contribution in [0.5, 0.6) is 0 Å². The van der Waals surface area contributed by atoms with Crippen LogP contribution in [0, 0.1) is 6.92 Å². The number of rotatable bonds is 2. The summed E-state index contributed by atoms with van der Waals surface area (Å²) in [6.45, 7) is 11.4. The topological polar surface area (TPSA) is 67.4 Å². The Kier molecular flexibility index (Phi) is 3.44. The third kappa shape index (κ3) is 2.03. The summed E-state index contributed by atoms with van der Waals surface area (Å²) in [6, 6.07) is 0.201. The lowest BCUT2D eigenvalue weighted by Crippen LogP contribution is -2.62. The lowest BCUT2D eigenvalue weighted by Gasteiger charge is -2.46. The van der Waals surface area contributed by atoms with Crippen LogP contribution in [0.2, 0.25) is 0 Å². The van der Waals surface area contributed by atoms with Gasteiger partial charge in [0.25, 0.3) is 0 Å². The van der Waals surface area contributed by atoms with Gasteiger partial charge in [-0.3, -0.25) is 4.79 Å². The van der Waals surface area contributed by atoms with E-state index in [1.165, 1.54) is 0 Å². The molecule has 0 bridgehead atoms. The van der Waals surface area contributed by atoms with Crippen LogP contribution >= 0.6 is 0 Å². The van der Waals surface area contributed by atoms with E-state index >= 15 is 0 Å². The van der Waals surface area contributed by atoms with Crippen LogP contribution in [0.3, 0.4) is 0 Å². The van der Waals surface area contributed by atoms with E-state index in [0.717, 1.165) is 18.1 Å². The molecule has 1 saturated heterocycles. The number of amides is 1. The maximum absolute atomic E-state index is 12.4. The van der Waals surface area contributed by atoms with Crippen molar-refractivity contribution in [3.8, 4) is 0 Å². The zero-order valence-electron chi connectivity index (χ0n) is 13.3. The van der Waals surface area contributed by atoms with Gasteiger partial charge in [0, 0.05) is 26.2 Å². The molecule has 6 heteroatoms. The minimum Gasteiger partial charge on any atom is -0.394 e. The number of likely N-dealkylation sites (N-methyl/N-ethyl adjacent to an activating group) is 1. The molecule has 0 spiro atoms. The van der Waals surface area contributed by atoms with Crippen LogP contribution < -0.4 is 10.6 Å². The quantitative estimate of drug-likeness (QED) is 0.889. The van der Waals surface area contributed by atoms with Crippen LogP contribution in [-0.4, -0.2) is 46.3 Å². The van der Waals surface area contributed by atoms with Gasteiger partial charge < -0.3 is 15.5 Å². The van der Waals surface area contributed by atoms with E-state index in [2.05, 4.69) is 23.8 Å². The van der Waals surface area contributed by atoms with Gasteiger partial charge in [0.2, 0.25) is 5.91 Å². The van der Waals surface area contributed by atoms with Crippen molar-refractivity contribution in [2.24, 2.45) is 0 Å². The van der Waals surface area contributed by atoms with Crippen LogP contribution in [0.4, 0.5) is 11.5 Å². The SMILES string of the molecule is Cc1nn(C(C)C)c(N2CCN(C)C(=O)C2(C)C)c1N. The molecule has 1 aromatic rings. The van der Waals surface area contributed by atoms with Crippen molar-refractivity contribution in [1.29, 1.82) is 0 Å². The highest BCUT2D eigenvalue weighted by Crippen LogP contribution is 2.35. The van der Waals surface area contributed by atoms with Crippen molar-refractivity contribution in [3.05, 3.63) is 5.69 Å². The number of anilines is 2. The number of piperazine rings is 1. The molecule has 2 N–H and O–H groups in total. The molecule has 0 saturated carbocycles. The zero-order chi connectivity index (χ0) is 15.2. The highest BCUT2D eigenvalue weighted by Gasteiger charge is 2.43. The highest BCUT2D eigenvalue weighted by atomic mass is 16.2. The van der Waals surface area contributed by atoms with Gasteiger partial charge in [-0.15, -0.1) is 0 Å². The fourth-order valence-corrected chi connectivity index (χ4v) is 2.76. The van der Waals surface area contributed by atoms with Gasteiger partial charge >= 0.3 is 0 Å². The molecule has 0 aliphatic carbocycles. The maximum atomic E-state index is 12.4. The second-order valence-electron chi connectivity index (χ2n) is 6.30. The first kappa shape index (κ1) is 14.7. The molecule has 112 valence electrons. The minimum atomic E-state index is -0.611. The maximum Gasteiger partial charge on any atom is 0.247 e. The van der Waals surface area contributed by atoms with E-state index in [0.29, 0.717) is 12.2 Å². The molecule has 1 aromatic heterocycles. The molecule has 1 amide bonds. The number of aryl methyl sites for hydroxylation is 1. The van der Waals surface area contributed by atoms with Crippen LogP contribution in [0.25, 0.3) is 0 Å². The van der Waals surface area contributed by atoms with E-state index in [4.69, 9.17) is 5.73 Å². The Morgan fingerprint density at radius 1 is 1.30 bits per heavy atom. The normalized spacial score (nSPS) is 19.1. The van der Waals surface area contributed by atoms with Gasteiger partial charge in [-0.25, -0.2) is 4.68 Å². The van der Waals surface area contributed by atoms with Crippen molar-refractivity contribution < 1.29 is 4.79 Å². The number of nitrogens with two attached hydrogens (primary N) is 1. The Hall–Kier alpha value is -1.72. The van der Waals surface area contributed by atoms with Gasteiger partial charge in [-0.2, -0.15) is 5.10 Å². The molecular formula is C14H25N5O. The van der Waals surface area contributed by atoms with Crippen LogP contribution in [0.15, 0.2) is 0 Å². The van der Waals surface area contributed by atoms with Gasteiger partial charge in [0.05, 0.1) is 11.4 Å². The Labute approximate surface area is 120 Å². The van der Waals surface area contributed by atoms with E-state index < -0.39 is 5.54 Å². The minimum absolute atomic E-state index is 0.109. The lowest BCUT2D eigenvalue weighted by atomic mass is 9.97. The van der Waals surface area contributed by atoms with E-state index in [1.807, 2.05) is 32.5 Å². The number of carbonyl (C=O) groups excluding carboxylic acids is 1.